The monoisotopic (exact) mass is 416 g/mol. The number of nitrogens with one attached hydrogen (secondary N) is 1. The first kappa shape index (κ1) is 22.3. The fourth-order valence-electron chi connectivity index (χ4n) is 3.47. The molecular weight excluding hydrogens is 388 g/mol. The molecule has 0 spiro atoms. The molecule has 8 heteroatoms. The van der Waals surface area contributed by atoms with Crippen molar-refractivity contribution in [1.29, 1.82) is 0 Å². The number of hydrogen-bond donors (Lipinski definition) is 2. The predicted molar refractivity (Wildman–Crippen MR) is 108 cm³/mol. The standard InChI is InChI=1S/C22H28N2O6/c1-15(26)24-19-21(29-14-17-10-6-7-11-23-17)20(18(12-25)30-22(19)27-2)28-13-16-8-4-3-5-9-16/h3-11,18-22,25H,12-14H2,1-2H3,(H,24,26)/t18-,19-,20-,21-,22+/m1/s1. The van der Waals surface area contributed by atoms with Crippen LogP contribution in [-0.4, -0.2) is 60.4 Å². The minimum atomic E-state index is -0.795. The fraction of sp³-hybridized carbons (Fsp3) is 0.455. The molecule has 1 saturated heterocycles. The Hall–Kier alpha value is -2.36. The first-order valence-electron chi connectivity index (χ1n) is 9.85. The Kier molecular flexibility index (Phi) is 8.30. The Labute approximate surface area is 176 Å². The molecule has 30 heavy (non-hydrogen) atoms. The van der Waals surface area contributed by atoms with Crippen LogP contribution in [0.4, 0.5) is 0 Å². The zero-order valence-electron chi connectivity index (χ0n) is 17.1. The first-order valence-corrected chi connectivity index (χ1v) is 9.85. The fourth-order valence-corrected chi connectivity index (χ4v) is 3.47. The van der Waals surface area contributed by atoms with Crippen LogP contribution in [0, 0.1) is 0 Å². The summed E-state index contributed by atoms with van der Waals surface area (Å²) in [6.07, 6.45) is -1.06. The number of ether oxygens (including phenoxy) is 4. The van der Waals surface area contributed by atoms with Crippen molar-refractivity contribution in [3.8, 4) is 0 Å². The number of carbonyl (C=O) groups excluding carboxylic acids is 1. The van der Waals surface area contributed by atoms with E-state index in [0.717, 1.165) is 11.3 Å². The van der Waals surface area contributed by atoms with Gasteiger partial charge in [0.25, 0.3) is 0 Å². The van der Waals surface area contributed by atoms with Crippen molar-refractivity contribution >= 4 is 5.91 Å². The summed E-state index contributed by atoms with van der Waals surface area (Å²) in [5, 5.41) is 12.8. The highest BCUT2D eigenvalue weighted by molar-refractivity contribution is 5.73. The van der Waals surface area contributed by atoms with Crippen molar-refractivity contribution in [2.24, 2.45) is 0 Å². The van der Waals surface area contributed by atoms with E-state index in [1.165, 1.54) is 14.0 Å². The summed E-state index contributed by atoms with van der Waals surface area (Å²) in [6, 6.07) is 14.6. The summed E-state index contributed by atoms with van der Waals surface area (Å²) >= 11 is 0. The lowest BCUT2D eigenvalue weighted by atomic mass is 9.96. The largest absolute Gasteiger partial charge is 0.394 e. The Bertz CT molecular complexity index is 776. The Balaban J connectivity index is 1.83. The third-order valence-corrected chi connectivity index (χ3v) is 4.86. The van der Waals surface area contributed by atoms with Crippen LogP contribution in [0.25, 0.3) is 0 Å². The van der Waals surface area contributed by atoms with E-state index in [-0.39, 0.29) is 19.1 Å². The minimum Gasteiger partial charge on any atom is -0.394 e. The molecule has 1 aliphatic rings. The molecular formula is C22H28N2O6. The number of aliphatic hydroxyl groups is 1. The van der Waals surface area contributed by atoms with Gasteiger partial charge in [0.05, 0.1) is 25.5 Å². The van der Waals surface area contributed by atoms with Gasteiger partial charge in [0, 0.05) is 20.2 Å². The average Bonchev–Trinajstić information content (AvgIpc) is 2.77. The van der Waals surface area contributed by atoms with Gasteiger partial charge >= 0.3 is 0 Å². The summed E-state index contributed by atoms with van der Waals surface area (Å²) in [7, 11) is 1.48. The summed E-state index contributed by atoms with van der Waals surface area (Å²) < 4.78 is 23.6. The summed E-state index contributed by atoms with van der Waals surface area (Å²) in [5.74, 6) is -0.249. The molecule has 2 N–H and O–H groups in total. The van der Waals surface area contributed by atoms with Crippen LogP contribution in [-0.2, 0) is 37.0 Å². The molecule has 0 aliphatic carbocycles. The van der Waals surface area contributed by atoms with Crippen molar-refractivity contribution in [2.45, 2.75) is 50.8 Å². The van der Waals surface area contributed by atoms with Crippen LogP contribution >= 0.6 is 0 Å². The van der Waals surface area contributed by atoms with Gasteiger partial charge in [-0.15, -0.1) is 0 Å². The molecule has 2 heterocycles. The molecule has 1 fully saturated rings. The van der Waals surface area contributed by atoms with E-state index < -0.39 is 30.6 Å². The maximum Gasteiger partial charge on any atom is 0.217 e. The molecule has 0 radical (unpaired) electrons. The zero-order valence-corrected chi connectivity index (χ0v) is 17.1. The van der Waals surface area contributed by atoms with Crippen LogP contribution in [0.15, 0.2) is 54.7 Å². The number of amides is 1. The number of pyridine rings is 1. The van der Waals surface area contributed by atoms with E-state index in [4.69, 9.17) is 18.9 Å². The Morgan fingerprint density at radius 3 is 2.47 bits per heavy atom. The van der Waals surface area contributed by atoms with Gasteiger partial charge in [0.2, 0.25) is 5.91 Å². The second kappa shape index (κ2) is 11.1. The summed E-state index contributed by atoms with van der Waals surface area (Å²) in [5.41, 5.74) is 1.71. The van der Waals surface area contributed by atoms with Crippen molar-refractivity contribution in [3.05, 3.63) is 66.0 Å². The SMILES string of the molecule is CO[C@H]1O[C@H](CO)[C@@H](OCc2ccccc2)[C@H](OCc2ccccn2)[C@H]1NC(C)=O. The van der Waals surface area contributed by atoms with Gasteiger partial charge in [-0.2, -0.15) is 0 Å². The maximum atomic E-state index is 11.9. The molecule has 1 aliphatic heterocycles. The molecule has 0 unspecified atom stereocenters. The van der Waals surface area contributed by atoms with Crippen LogP contribution in [0.2, 0.25) is 0 Å². The van der Waals surface area contributed by atoms with E-state index in [2.05, 4.69) is 10.3 Å². The number of nitrogens with zero attached hydrogens (tertiary/aromatic N) is 1. The van der Waals surface area contributed by atoms with Crippen molar-refractivity contribution in [2.75, 3.05) is 13.7 Å². The smallest absolute Gasteiger partial charge is 0.217 e. The van der Waals surface area contributed by atoms with Crippen LogP contribution < -0.4 is 5.32 Å². The quantitative estimate of drug-likeness (QED) is 0.638. The van der Waals surface area contributed by atoms with Crippen molar-refractivity contribution < 1.29 is 28.8 Å². The van der Waals surface area contributed by atoms with Gasteiger partial charge in [0.15, 0.2) is 6.29 Å². The van der Waals surface area contributed by atoms with Gasteiger partial charge < -0.3 is 29.4 Å². The maximum absolute atomic E-state index is 11.9. The number of rotatable bonds is 9. The first-order chi connectivity index (χ1) is 14.6. The molecule has 0 saturated carbocycles. The van der Waals surface area contributed by atoms with E-state index in [1.807, 2.05) is 48.5 Å². The Morgan fingerprint density at radius 2 is 1.83 bits per heavy atom. The van der Waals surface area contributed by atoms with E-state index in [1.54, 1.807) is 6.20 Å². The molecule has 1 aromatic heterocycles. The number of carbonyl (C=O) groups is 1. The Morgan fingerprint density at radius 1 is 1.10 bits per heavy atom. The normalized spacial score (nSPS) is 26.3. The van der Waals surface area contributed by atoms with Gasteiger partial charge in [-0.1, -0.05) is 36.4 Å². The van der Waals surface area contributed by atoms with Gasteiger partial charge in [-0.3, -0.25) is 9.78 Å². The molecule has 8 nitrogen and oxygen atoms in total. The van der Waals surface area contributed by atoms with Crippen LogP contribution in [0.3, 0.4) is 0 Å². The lowest BCUT2D eigenvalue weighted by Gasteiger charge is -2.45. The zero-order chi connectivity index (χ0) is 21.3. The number of methoxy groups -OCH3 is 1. The lowest BCUT2D eigenvalue weighted by molar-refractivity contribution is -0.282. The number of aliphatic hydroxyl groups excluding tert-OH is 1. The minimum absolute atomic E-state index is 0.210. The third-order valence-electron chi connectivity index (χ3n) is 4.86. The molecule has 162 valence electrons. The molecule has 2 aromatic rings. The molecule has 5 atom stereocenters. The average molecular weight is 416 g/mol. The summed E-state index contributed by atoms with van der Waals surface area (Å²) in [4.78, 5) is 16.1. The second-order valence-corrected chi connectivity index (χ2v) is 7.05. The molecule has 3 rings (SSSR count). The highest BCUT2D eigenvalue weighted by Crippen LogP contribution is 2.28. The van der Waals surface area contributed by atoms with Gasteiger partial charge in [0.1, 0.15) is 24.4 Å². The number of aromatic nitrogens is 1. The number of benzene rings is 1. The molecule has 0 bridgehead atoms. The predicted octanol–water partition coefficient (Wildman–Crippen LogP) is 1.42. The lowest BCUT2D eigenvalue weighted by Crippen LogP contribution is -2.65. The molecule has 1 aromatic carbocycles. The molecule has 1 amide bonds. The van der Waals surface area contributed by atoms with E-state index >= 15 is 0 Å². The van der Waals surface area contributed by atoms with Crippen LogP contribution in [0.5, 0.6) is 0 Å². The highest BCUT2D eigenvalue weighted by Gasteiger charge is 2.48. The van der Waals surface area contributed by atoms with E-state index in [9.17, 15) is 9.90 Å². The third kappa shape index (κ3) is 5.84. The van der Waals surface area contributed by atoms with E-state index in [0.29, 0.717) is 6.61 Å². The number of hydrogen-bond acceptors (Lipinski definition) is 7. The summed E-state index contributed by atoms with van der Waals surface area (Å²) in [6.45, 7) is 1.65. The highest BCUT2D eigenvalue weighted by atomic mass is 16.7. The second-order valence-electron chi connectivity index (χ2n) is 7.05. The van der Waals surface area contributed by atoms with Gasteiger partial charge in [-0.25, -0.2) is 0 Å². The van der Waals surface area contributed by atoms with Crippen molar-refractivity contribution in [1.82, 2.24) is 10.3 Å². The van der Waals surface area contributed by atoms with Gasteiger partial charge in [-0.05, 0) is 17.7 Å². The topological polar surface area (TPSA) is 99.1 Å². The van der Waals surface area contributed by atoms with Crippen LogP contribution in [0.1, 0.15) is 18.2 Å². The van der Waals surface area contributed by atoms with Crippen molar-refractivity contribution in [3.63, 3.8) is 0 Å².